The van der Waals surface area contributed by atoms with Gasteiger partial charge in [-0.2, -0.15) is 5.90 Å². The normalized spacial score (nSPS) is 20.2. The van der Waals surface area contributed by atoms with Crippen LogP contribution >= 0.6 is 12.0 Å². The van der Waals surface area contributed by atoms with E-state index >= 15 is 0 Å². The number of nitrogens with two attached hydrogens (primary N) is 1. The van der Waals surface area contributed by atoms with Crippen molar-refractivity contribution in [2.45, 2.75) is 43.8 Å². The van der Waals surface area contributed by atoms with Crippen LogP contribution in [-0.2, 0) is 51.5 Å². The van der Waals surface area contributed by atoms with Crippen molar-refractivity contribution in [1.29, 1.82) is 0 Å². The van der Waals surface area contributed by atoms with Crippen molar-refractivity contribution in [1.82, 2.24) is 9.13 Å². The maximum atomic E-state index is 11.4. The molecule has 0 spiro atoms. The van der Waals surface area contributed by atoms with Crippen LogP contribution < -0.4 is 15.0 Å². The molecule has 5 rings (SSSR count). The summed E-state index contributed by atoms with van der Waals surface area (Å²) in [6.45, 7) is 1.90. The Bertz CT molecular complexity index is 1170. The minimum Gasteiger partial charge on any atom is -0.478 e. The average Bonchev–Trinajstić information content (AvgIpc) is 3.50. The van der Waals surface area contributed by atoms with Gasteiger partial charge in [0, 0.05) is 11.3 Å². The molecule has 1 aromatic carbocycles. The van der Waals surface area contributed by atoms with Gasteiger partial charge in [-0.25, -0.2) is 23.2 Å². The largest absolute Gasteiger partial charge is 0.478 e. The lowest BCUT2D eigenvalue weighted by molar-refractivity contribution is -0.981. The molecule has 2 aliphatic heterocycles. The minimum absolute atomic E-state index is 0.0969. The molecular formula is C21H25N6O6S+3. The molecule has 0 fully saturated rings. The van der Waals surface area contributed by atoms with Gasteiger partial charge in [0.25, 0.3) is 0 Å². The first kappa shape index (κ1) is 22.6. The van der Waals surface area contributed by atoms with Gasteiger partial charge in [0.05, 0.1) is 18.6 Å². The van der Waals surface area contributed by atoms with E-state index in [1.807, 2.05) is 36.7 Å². The van der Waals surface area contributed by atoms with Gasteiger partial charge in [0.15, 0.2) is 26.2 Å². The van der Waals surface area contributed by atoms with Crippen LogP contribution in [0.4, 0.5) is 0 Å². The van der Waals surface area contributed by atoms with E-state index in [2.05, 4.69) is 18.5 Å². The molecular weight excluding hydrogens is 464 g/mol. The number of carboxylic acids is 2. The van der Waals surface area contributed by atoms with Gasteiger partial charge in [0.2, 0.25) is 0 Å². The zero-order valence-electron chi connectivity index (χ0n) is 18.2. The molecule has 3 aromatic rings. The number of rotatable bonds is 10. The monoisotopic (exact) mass is 489 g/mol. The molecule has 34 heavy (non-hydrogen) atoms. The number of aromatic nitrogens is 4. The highest BCUT2D eigenvalue weighted by atomic mass is 32.2. The average molecular weight is 490 g/mol. The molecule has 13 heteroatoms. The van der Waals surface area contributed by atoms with Crippen LogP contribution in [-0.4, -0.2) is 42.3 Å². The summed E-state index contributed by atoms with van der Waals surface area (Å²) in [4.78, 5) is 27.7. The Morgan fingerprint density at radius 2 is 1.59 bits per heavy atom. The third kappa shape index (κ3) is 3.97. The molecule has 2 aliphatic rings. The number of nitrogens with zero attached hydrogens (tertiary/aromatic N) is 5. The van der Waals surface area contributed by atoms with E-state index in [1.165, 1.54) is 0 Å². The predicted molar refractivity (Wildman–Crippen MR) is 114 cm³/mol. The molecule has 0 amide bonds. The molecule has 12 nitrogen and oxygen atoms in total. The lowest BCUT2D eigenvalue weighted by Gasteiger charge is -2.28. The van der Waals surface area contributed by atoms with Crippen LogP contribution in [0.2, 0.25) is 0 Å². The fourth-order valence-electron chi connectivity index (χ4n) is 5.13. The van der Waals surface area contributed by atoms with E-state index in [-0.39, 0.29) is 19.4 Å². The Kier molecular flexibility index (Phi) is 5.87. The number of hydrogen-bond donors (Lipinski definition) is 3. The molecule has 0 saturated carbocycles. The van der Waals surface area contributed by atoms with Crippen molar-refractivity contribution in [3.63, 3.8) is 0 Å². The Morgan fingerprint density at radius 3 is 2.09 bits per heavy atom. The molecule has 0 unspecified atom stereocenters. The highest BCUT2D eigenvalue weighted by Crippen LogP contribution is 2.42. The van der Waals surface area contributed by atoms with E-state index in [1.54, 1.807) is 21.5 Å². The Hall–Kier alpha value is -3.23. The van der Waals surface area contributed by atoms with E-state index in [0.29, 0.717) is 17.6 Å². The zero-order chi connectivity index (χ0) is 23.9. The molecule has 0 radical (unpaired) electrons. The molecule has 4 N–H and O–H groups in total. The van der Waals surface area contributed by atoms with E-state index < -0.39 is 11.9 Å². The van der Waals surface area contributed by atoms with Crippen molar-refractivity contribution < 1.29 is 42.7 Å². The third-order valence-electron chi connectivity index (χ3n) is 6.52. The molecule has 0 saturated heterocycles. The summed E-state index contributed by atoms with van der Waals surface area (Å²) in [5.41, 5.74) is 1.15. The van der Waals surface area contributed by atoms with Crippen LogP contribution in [0.1, 0.15) is 23.5 Å². The summed E-state index contributed by atoms with van der Waals surface area (Å²) in [6, 6.07) is 7.91. The van der Waals surface area contributed by atoms with Crippen molar-refractivity contribution in [3.05, 3.63) is 66.3 Å². The van der Waals surface area contributed by atoms with E-state index in [4.69, 9.17) is 5.90 Å². The van der Waals surface area contributed by atoms with Crippen molar-refractivity contribution in [2.24, 2.45) is 5.90 Å². The first-order valence-corrected chi connectivity index (χ1v) is 11.4. The van der Waals surface area contributed by atoms with Crippen molar-refractivity contribution in [2.75, 3.05) is 6.54 Å². The van der Waals surface area contributed by atoms with Gasteiger partial charge >= 0.3 is 29.9 Å². The Balaban J connectivity index is 1.44. The summed E-state index contributed by atoms with van der Waals surface area (Å²) < 4.78 is 13.1. The molecule has 0 atom stereocenters. The summed E-state index contributed by atoms with van der Waals surface area (Å²) >= 11 is 1.03. The zero-order valence-corrected chi connectivity index (χ0v) is 19.0. The number of quaternary nitrogens is 1. The van der Waals surface area contributed by atoms with Gasteiger partial charge in [-0.1, -0.05) is 12.1 Å². The number of benzene rings is 1. The fourth-order valence-corrected chi connectivity index (χ4v) is 5.50. The van der Waals surface area contributed by atoms with Gasteiger partial charge in [-0.05, 0) is 17.7 Å². The fraction of sp³-hybridized carbons (Fsp3) is 0.333. The van der Waals surface area contributed by atoms with E-state index in [0.717, 1.165) is 47.1 Å². The van der Waals surface area contributed by atoms with Gasteiger partial charge in [-0.3, -0.25) is 0 Å². The second-order valence-electron chi connectivity index (χ2n) is 8.53. The van der Waals surface area contributed by atoms with Gasteiger partial charge < -0.3 is 10.2 Å². The van der Waals surface area contributed by atoms with Crippen LogP contribution in [0.25, 0.3) is 0 Å². The first-order valence-electron chi connectivity index (χ1n) is 10.7. The third-order valence-corrected chi connectivity index (χ3v) is 7.13. The predicted octanol–water partition coefficient (Wildman–Crippen LogP) is -0.0461. The number of aliphatic carboxylic acids is 2. The maximum absolute atomic E-state index is 11.4. The Morgan fingerprint density at radius 1 is 1.03 bits per heavy atom. The number of carbonyl (C=O) groups is 2. The lowest BCUT2D eigenvalue weighted by atomic mass is 10.1. The molecule has 0 aliphatic carbocycles. The summed E-state index contributed by atoms with van der Waals surface area (Å²) in [6.07, 6.45) is 8.14. The van der Waals surface area contributed by atoms with Crippen LogP contribution in [0.3, 0.4) is 0 Å². The second kappa shape index (κ2) is 8.85. The first-order chi connectivity index (χ1) is 16.4. The summed E-state index contributed by atoms with van der Waals surface area (Å²) in [7, 11) is 0. The van der Waals surface area contributed by atoms with Gasteiger partial charge in [0.1, 0.15) is 24.8 Å². The maximum Gasteiger partial charge on any atom is 0.380 e. The highest BCUT2D eigenvalue weighted by molar-refractivity contribution is 7.94. The summed E-state index contributed by atoms with van der Waals surface area (Å²) in [5.74, 6) is 5.00. The van der Waals surface area contributed by atoms with Crippen molar-refractivity contribution in [3.8, 4) is 0 Å². The summed E-state index contributed by atoms with van der Waals surface area (Å²) in [5, 5.41) is 18.7. The minimum atomic E-state index is -0.888. The van der Waals surface area contributed by atoms with Crippen LogP contribution in [0.15, 0.2) is 53.9 Å². The molecule has 2 aromatic heterocycles. The standard InChI is InChI=1S/C21H23N6O6S/c22-32-33-34-16-3-1-15(2-4-16)5-10-27-13-17-23(11-19(28)29)6-8-25(17)21(27)26-9-7-24(12-20(30)31)18(26)14-27/h1-4,6-9,21H,5,10-14,22H2/q+1/p+2. The smallest absolute Gasteiger partial charge is 0.380 e. The number of hydrogen-bond acceptors (Lipinski definition) is 6. The van der Waals surface area contributed by atoms with Crippen molar-refractivity contribution >= 4 is 24.0 Å². The van der Waals surface area contributed by atoms with Crippen LogP contribution in [0, 0.1) is 0 Å². The lowest BCUT2D eigenvalue weighted by Crippen LogP contribution is -2.49. The highest BCUT2D eigenvalue weighted by Gasteiger charge is 2.62. The number of imidazole rings is 2. The second-order valence-corrected chi connectivity index (χ2v) is 9.31. The Labute approximate surface area is 198 Å². The molecule has 0 bridgehead atoms. The number of carboxylic acid groups (broad SMARTS) is 2. The molecule has 178 valence electrons. The molecule has 4 heterocycles. The topological polar surface area (TPSA) is 137 Å². The van der Waals surface area contributed by atoms with Gasteiger partial charge in [-0.15, -0.1) is 18.5 Å². The number of fused-ring (bicyclic) bond motifs is 5. The van der Waals surface area contributed by atoms with Crippen LogP contribution in [0.5, 0.6) is 0 Å². The van der Waals surface area contributed by atoms with E-state index in [9.17, 15) is 19.8 Å². The SMILES string of the molecule is NOOSc1ccc(CC[N+]23Cc4n(cc[n+]4CC(=O)O)C2n2cc[n+](CC(=O)O)c2C3)cc1. The quantitative estimate of drug-likeness (QED) is 0.119.